The maximum absolute atomic E-state index is 12.2. The molecule has 0 aliphatic carbocycles. The SMILES string of the molecule is CN(C)c1ccc(OC2CCN(C(=O)Cn3cccn3)C2)nn1. The van der Waals surface area contributed by atoms with Gasteiger partial charge in [-0.05, 0) is 12.1 Å². The molecule has 1 aliphatic rings. The van der Waals surface area contributed by atoms with Crippen LogP contribution in [0.25, 0.3) is 0 Å². The zero-order valence-electron chi connectivity index (χ0n) is 13.3. The van der Waals surface area contributed by atoms with E-state index in [1.54, 1.807) is 34.1 Å². The third-order valence-corrected chi connectivity index (χ3v) is 3.73. The summed E-state index contributed by atoms with van der Waals surface area (Å²) < 4.78 is 7.44. The average molecular weight is 316 g/mol. The minimum atomic E-state index is -0.0453. The van der Waals surface area contributed by atoms with Crippen LogP contribution in [-0.2, 0) is 11.3 Å². The van der Waals surface area contributed by atoms with Crippen LogP contribution < -0.4 is 9.64 Å². The number of hydrogen-bond acceptors (Lipinski definition) is 6. The molecule has 3 rings (SSSR count). The predicted octanol–water partition coefficient (Wildman–Crippen LogP) is 0.419. The van der Waals surface area contributed by atoms with Crippen molar-refractivity contribution in [3.63, 3.8) is 0 Å². The number of likely N-dealkylation sites (tertiary alicyclic amines) is 1. The van der Waals surface area contributed by atoms with Crippen molar-refractivity contribution in [3.8, 4) is 5.88 Å². The molecule has 2 aromatic heterocycles. The number of carbonyl (C=O) groups excluding carboxylic acids is 1. The van der Waals surface area contributed by atoms with Gasteiger partial charge < -0.3 is 14.5 Å². The monoisotopic (exact) mass is 316 g/mol. The van der Waals surface area contributed by atoms with E-state index in [2.05, 4.69) is 15.3 Å². The summed E-state index contributed by atoms with van der Waals surface area (Å²) in [6.45, 7) is 1.52. The molecule has 0 saturated carbocycles. The lowest BCUT2D eigenvalue weighted by atomic mass is 10.3. The number of nitrogens with zero attached hydrogens (tertiary/aromatic N) is 6. The minimum Gasteiger partial charge on any atom is -0.471 e. The van der Waals surface area contributed by atoms with E-state index in [4.69, 9.17) is 4.74 Å². The van der Waals surface area contributed by atoms with Crippen molar-refractivity contribution in [2.24, 2.45) is 0 Å². The lowest BCUT2D eigenvalue weighted by Gasteiger charge is -2.17. The summed E-state index contributed by atoms with van der Waals surface area (Å²) in [6.07, 6.45) is 4.20. The Labute approximate surface area is 134 Å². The van der Waals surface area contributed by atoms with Crippen LogP contribution in [0.1, 0.15) is 6.42 Å². The standard InChI is InChI=1S/C15H20N6O2/c1-19(2)13-4-5-14(18-17-13)23-12-6-9-20(10-12)15(22)11-21-8-3-7-16-21/h3-5,7-8,12H,6,9-11H2,1-2H3. The summed E-state index contributed by atoms with van der Waals surface area (Å²) in [5.41, 5.74) is 0. The second-order valence-corrected chi connectivity index (χ2v) is 5.70. The van der Waals surface area contributed by atoms with Crippen molar-refractivity contribution < 1.29 is 9.53 Å². The number of rotatable bonds is 5. The average Bonchev–Trinajstić information content (AvgIpc) is 3.19. The van der Waals surface area contributed by atoms with Crippen molar-refractivity contribution >= 4 is 11.7 Å². The zero-order chi connectivity index (χ0) is 16.2. The first-order chi connectivity index (χ1) is 11.1. The summed E-state index contributed by atoms with van der Waals surface area (Å²) >= 11 is 0. The maximum atomic E-state index is 12.2. The van der Waals surface area contributed by atoms with E-state index in [9.17, 15) is 4.79 Å². The van der Waals surface area contributed by atoms with Crippen LogP contribution >= 0.6 is 0 Å². The Morgan fingerprint density at radius 2 is 2.26 bits per heavy atom. The molecule has 0 bridgehead atoms. The molecular weight excluding hydrogens is 296 g/mol. The molecule has 1 unspecified atom stereocenters. The van der Waals surface area contributed by atoms with E-state index < -0.39 is 0 Å². The van der Waals surface area contributed by atoms with E-state index in [-0.39, 0.29) is 18.6 Å². The molecular formula is C15H20N6O2. The molecule has 0 spiro atoms. The van der Waals surface area contributed by atoms with Gasteiger partial charge in [-0.3, -0.25) is 9.48 Å². The van der Waals surface area contributed by atoms with Crippen molar-refractivity contribution in [3.05, 3.63) is 30.6 Å². The van der Waals surface area contributed by atoms with Gasteiger partial charge in [0, 0.05) is 45.5 Å². The van der Waals surface area contributed by atoms with Crippen LogP contribution in [0.3, 0.4) is 0 Å². The van der Waals surface area contributed by atoms with E-state index in [1.165, 1.54) is 0 Å². The normalized spacial score (nSPS) is 17.3. The number of carbonyl (C=O) groups is 1. The van der Waals surface area contributed by atoms with Gasteiger partial charge in [-0.1, -0.05) is 0 Å². The van der Waals surface area contributed by atoms with E-state index in [1.807, 2.05) is 25.1 Å². The summed E-state index contributed by atoms with van der Waals surface area (Å²) in [7, 11) is 3.81. The quantitative estimate of drug-likeness (QED) is 0.796. The molecule has 122 valence electrons. The van der Waals surface area contributed by atoms with Gasteiger partial charge in [0.05, 0.1) is 6.54 Å². The third kappa shape index (κ3) is 3.77. The highest BCUT2D eigenvalue weighted by molar-refractivity contribution is 5.76. The Morgan fingerprint density at radius 3 is 2.91 bits per heavy atom. The number of anilines is 1. The second-order valence-electron chi connectivity index (χ2n) is 5.70. The van der Waals surface area contributed by atoms with Crippen LogP contribution in [0.4, 0.5) is 5.82 Å². The molecule has 23 heavy (non-hydrogen) atoms. The van der Waals surface area contributed by atoms with E-state index in [0.29, 0.717) is 19.0 Å². The van der Waals surface area contributed by atoms with Gasteiger partial charge in [0.25, 0.3) is 0 Å². The first-order valence-electron chi connectivity index (χ1n) is 7.55. The van der Waals surface area contributed by atoms with Crippen molar-refractivity contribution in [1.29, 1.82) is 0 Å². The number of ether oxygens (including phenoxy) is 1. The van der Waals surface area contributed by atoms with Crippen LogP contribution in [0.2, 0.25) is 0 Å². The van der Waals surface area contributed by atoms with Gasteiger partial charge in [0.1, 0.15) is 12.6 Å². The molecule has 1 atom stereocenters. The highest BCUT2D eigenvalue weighted by Gasteiger charge is 2.28. The molecule has 8 heteroatoms. The van der Waals surface area contributed by atoms with E-state index in [0.717, 1.165) is 12.2 Å². The molecule has 3 heterocycles. The number of hydrogen-bond donors (Lipinski definition) is 0. The molecule has 1 saturated heterocycles. The highest BCUT2D eigenvalue weighted by atomic mass is 16.5. The number of amides is 1. The second kappa shape index (κ2) is 6.64. The van der Waals surface area contributed by atoms with Gasteiger partial charge >= 0.3 is 0 Å². The van der Waals surface area contributed by atoms with Crippen LogP contribution in [0.15, 0.2) is 30.6 Å². The Kier molecular flexibility index (Phi) is 4.40. The molecule has 8 nitrogen and oxygen atoms in total. The lowest BCUT2D eigenvalue weighted by molar-refractivity contribution is -0.131. The Morgan fingerprint density at radius 1 is 1.39 bits per heavy atom. The van der Waals surface area contributed by atoms with Crippen molar-refractivity contribution in [2.75, 3.05) is 32.1 Å². The fraction of sp³-hybridized carbons (Fsp3) is 0.467. The van der Waals surface area contributed by atoms with E-state index >= 15 is 0 Å². The third-order valence-electron chi connectivity index (χ3n) is 3.73. The minimum absolute atomic E-state index is 0.0453. The Hall–Kier alpha value is -2.64. The fourth-order valence-electron chi connectivity index (χ4n) is 2.47. The molecule has 1 amide bonds. The van der Waals surface area contributed by atoms with Crippen LogP contribution in [0.5, 0.6) is 5.88 Å². The molecule has 1 aliphatic heterocycles. The first kappa shape index (κ1) is 15.3. The zero-order valence-corrected chi connectivity index (χ0v) is 13.3. The number of aromatic nitrogens is 4. The summed E-state index contributed by atoms with van der Waals surface area (Å²) in [6, 6.07) is 5.47. The van der Waals surface area contributed by atoms with Gasteiger partial charge in [0.2, 0.25) is 11.8 Å². The topological polar surface area (TPSA) is 76.4 Å². The van der Waals surface area contributed by atoms with Gasteiger partial charge in [0.15, 0.2) is 5.82 Å². The summed E-state index contributed by atoms with van der Waals surface area (Å²) in [5.74, 6) is 1.32. The molecule has 2 aromatic rings. The smallest absolute Gasteiger partial charge is 0.244 e. The van der Waals surface area contributed by atoms with Crippen LogP contribution in [0, 0.1) is 0 Å². The van der Waals surface area contributed by atoms with Crippen molar-refractivity contribution in [2.45, 2.75) is 19.1 Å². The van der Waals surface area contributed by atoms with Gasteiger partial charge in [-0.15, -0.1) is 10.2 Å². The van der Waals surface area contributed by atoms with Gasteiger partial charge in [-0.2, -0.15) is 5.10 Å². The molecule has 0 aromatic carbocycles. The fourth-order valence-corrected chi connectivity index (χ4v) is 2.47. The Bertz CT molecular complexity index is 640. The molecule has 0 N–H and O–H groups in total. The largest absolute Gasteiger partial charge is 0.471 e. The van der Waals surface area contributed by atoms with Crippen LogP contribution in [-0.4, -0.2) is 64.1 Å². The molecule has 0 radical (unpaired) electrons. The highest BCUT2D eigenvalue weighted by Crippen LogP contribution is 2.17. The van der Waals surface area contributed by atoms with Crippen molar-refractivity contribution in [1.82, 2.24) is 24.9 Å². The maximum Gasteiger partial charge on any atom is 0.244 e. The van der Waals surface area contributed by atoms with Gasteiger partial charge in [-0.25, -0.2) is 0 Å². The molecule has 1 fully saturated rings. The Balaban J connectivity index is 1.52. The first-order valence-corrected chi connectivity index (χ1v) is 7.55. The lowest BCUT2D eigenvalue weighted by Crippen LogP contribution is -2.33. The summed E-state index contributed by atoms with van der Waals surface area (Å²) in [5, 5.41) is 12.2. The summed E-state index contributed by atoms with van der Waals surface area (Å²) in [4.78, 5) is 15.9. The predicted molar refractivity (Wildman–Crippen MR) is 84.2 cm³/mol.